The monoisotopic (exact) mass is 210 g/mol. The first-order valence-electron chi connectivity index (χ1n) is 5.35. The van der Waals surface area contributed by atoms with Gasteiger partial charge in [-0.05, 0) is 36.1 Å². The Kier molecular flexibility index (Phi) is 2.86. The summed E-state index contributed by atoms with van der Waals surface area (Å²) in [5.74, 6) is 0. The van der Waals surface area contributed by atoms with E-state index in [4.69, 9.17) is 0 Å². The summed E-state index contributed by atoms with van der Waals surface area (Å²) in [7, 11) is 0. The molecule has 0 bridgehead atoms. The van der Waals surface area contributed by atoms with Gasteiger partial charge in [-0.1, -0.05) is 42.5 Å². The largest absolute Gasteiger partial charge is 0.298 e. The Balaban J connectivity index is 2.67. The fourth-order valence-electron chi connectivity index (χ4n) is 1.89. The highest BCUT2D eigenvalue weighted by atomic mass is 16.1. The molecule has 0 atom stereocenters. The third kappa shape index (κ3) is 1.76. The minimum absolute atomic E-state index is 0.746. The van der Waals surface area contributed by atoms with Crippen LogP contribution in [0.3, 0.4) is 0 Å². The fourth-order valence-corrected chi connectivity index (χ4v) is 1.89. The molecular formula is C15H14O. The Morgan fingerprint density at radius 3 is 2.31 bits per heavy atom. The van der Waals surface area contributed by atoms with Crippen LogP contribution in [0.1, 0.15) is 21.5 Å². The van der Waals surface area contributed by atoms with Crippen molar-refractivity contribution in [3.05, 3.63) is 59.2 Å². The maximum atomic E-state index is 11.0. The quantitative estimate of drug-likeness (QED) is 0.689. The van der Waals surface area contributed by atoms with Crippen LogP contribution in [0.2, 0.25) is 0 Å². The Morgan fingerprint density at radius 2 is 1.56 bits per heavy atom. The molecule has 0 N–H and O–H groups in total. The predicted molar refractivity (Wildman–Crippen MR) is 66.7 cm³/mol. The third-order valence-electron chi connectivity index (χ3n) is 2.98. The number of rotatable bonds is 2. The molecular weight excluding hydrogens is 196 g/mol. The van der Waals surface area contributed by atoms with E-state index in [2.05, 4.69) is 26.0 Å². The lowest BCUT2D eigenvalue weighted by molar-refractivity contribution is 0.112. The number of hydrogen-bond acceptors (Lipinski definition) is 1. The predicted octanol–water partition coefficient (Wildman–Crippen LogP) is 3.78. The first kappa shape index (κ1) is 10.6. The smallest absolute Gasteiger partial charge is 0.150 e. The molecule has 0 saturated heterocycles. The van der Waals surface area contributed by atoms with Crippen molar-refractivity contribution in [1.82, 2.24) is 0 Å². The topological polar surface area (TPSA) is 17.1 Å². The van der Waals surface area contributed by atoms with E-state index < -0.39 is 0 Å². The van der Waals surface area contributed by atoms with Crippen molar-refractivity contribution in [1.29, 1.82) is 0 Å². The second-order valence-corrected chi connectivity index (χ2v) is 3.95. The van der Waals surface area contributed by atoms with Crippen molar-refractivity contribution < 1.29 is 4.79 Å². The van der Waals surface area contributed by atoms with Crippen LogP contribution in [0.15, 0.2) is 42.5 Å². The van der Waals surface area contributed by atoms with Crippen LogP contribution in [-0.4, -0.2) is 6.29 Å². The van der Waals surface area contributed by atoms with E-state index in [9.17, 15) is 4.79 Å². The second-order valence-electron chi connectivity index (χ2n) is 3.95. The molecule has 0 aliphatic heterocycles. The molecule has 0 aromatic heterocycles. The van der Waals surface area contributed by atoms with E-state index in [1.807, 2.05) is 30.3 Å². The Hall–Kier alpha value is -1.89. The van der Waals surface area contributed by atoms with Gasteiger partial charge in [-0.25, -0.2) is 0 Å². The Labute approximate surface area is 95.7 Å². The lowest BCUT2D eigenvalue weighted by Crippen LogP contribution is -1.91. The van der Waals surface area contributed by atoms with Gasteiger partial charge in [0.25, 0.3) is 0 Å². The molecule has 2 aromatic carbocycles. The third-order valence-corrected chi connectivity index (χ3v) is 2.98. The summed E-state index contributed by atoms with van der Waals surface area (Å²) in [6.45, 7) is 4.18. The molecule has 0 saturated carbocycles. The zero-order chi connectivity index (χ0) is 11.5. The van der Waals surface area contributed by atoms with Gasteiger partial charge in [-0.2, -0.15) is 0 Å². The summed E-state index contributed by atoms with van der Waals surface area (Å²) in [5.41, 5.74) is 5.38. The van der Waals surface area contributed by atoms with E-state index in [1.165, 1.54) is 11.1 Å². The van der Waals surface area contributed by atoms with Crippen molar-refractivity contribution >= 4 is 6.29 Å². The lowest BCUT2D eigenvalue weighted by atomic mass is 9.94. The van der Waals surface area contributed by atoms with Gasteiger partial charge in [-0.15, -0.1) is 0 Å². The van der Waals surface area contributed by atoms with Crippen molar-refractivity contribution in [3.63, 3.8) is 0 Å². The van der Waals surface area contributed by atoms with Gasteiger partial charge in [0.05, 0.1) is 0 Å². The summed E-state index contributed by atoms with van der Waals surface area (Å²) < 4.78 is 0. The van der Waals surface area contributed by atoms with Gasteiger partial charge < -0.3 is 0 Å². The van der Waals surface area contributed by atoms with Crippen LogP contribution < -0.4 is 0 Å². The zero-order valence-electron chi connectivity index (χ0n) is 9.53. The van der Waals surface area contributed by atoms with Crippen LogP contribution in [-0.2, 0) is 0 Å². The van der Waals surface area contributed by atoms with Crippen molar-refractivity contribution in [2.75, 3.05) is 0 Å². The highest BCUT2D eigenvalue weighted by Crippen LogP contribution is 2.27. The molecule has 0 aliphatic carbocycles. The average molecular weight is 210 g/mol. The molecule has 0 spiro atoms. The molecule has 0 radical (unpaired) electrons. The second kappa shape index (κ2) is 4.31. The van der Waals surface area contributed by atoms with Gasteiger partial charge in [0, 0.05) is 5.56 Å². The lowest BCUT2D eigenvalue weighted by Gasteiger charge is -2.10. The van der Waals surface area contributed by atoms with E-state index in [0.29, 0.717) is 0 Å². The molecule has 0 amide bonds. The first-order chi connectivity index (χ1) is 7.74. The van der Waals surface area contributed by atoms with Crippen molar-refractivity contribution in [2.24, 2.45) is 0 Å². The minimum Gasteiger partial charge on any atom is -0.298 e. The molecule has 1 heteroatoms. The number of carbonyl (C=O) groups excluding carboxylic acids is 1. The SMILES string of the molecule is Cc1cccc(-c2ccccc2C=O)c1C. The number of aldehydes is 1. The molecule has 0 unspecified atom stereocenters. The van der Waals surface area contributed by atoms with Gasteiger partial charge in [0.15, 0.2) is 6.29 Å². The molecule has 80 valence electrons. The fraction of sp³-hybridized carbons (Fsp3) is 0.133. The zero-order valence-corrected chi connectivity index (χ0v) is 9.53. The highest BCUT2D eigenvalue weighted by Gasteiger charge is 2.07. The number of benzene rings is 2. The Bertz CT molecular complexity index is 527. The molecule has 2 rings (SSSR count). The van der Waals surface area contributed by atoms with Crippen LogP contribution >= 0.6 is 0 Å². The van der Waals surface area contributed by atoms with Gasteiger partial charge in [0.2, 0.25) is 0 Å². The van der Waals surface area contributed by atoms with E-state index in [-0.39, 0.29) is 0 Å². The minimum atomic E-state index is 0.746. The van der Waals surface area contributed by atoms with Crippen LogP contribution in [0.4, 0.5) is 0 Å². The molecule has 2 aromatic rings. The van der Waals surface area contributed by atoms with Gasteiger partial charge >= 0.3 is 0 Å². The van der Waals surface area contributed by atoms with E-state index >= 15 is 0 Å². The van der Waals surface area contributed by atoms with Crippen molar-refractivity contribution in [2.45, 2.75) is 13.8 Å². The van der Waals surface area contributed by atoms with Crippen LogP contribution in [0.5, 0.6) is 0 Å². The van der Waals surface area contributed by atoms with Gasteiger partial charge in [0.1, 0.15) is 0 Å². The standard InChI is InChI=1S/C15H14O/c1-11-6-5-9-14(12(11)2)15-8-4-3-7-13(15)10-16/h3-10H,1-2H3. The maximum Gasteiger partial charge on any atom is 0.150 e. The average Bonchev–Trinajstić information content (AvgIpc) is 2.33. The summed E-state index contributed by atoms with van der Waals surface area (Å²) in [5, 5.41) is 0. The number of hydrogen-bond donors (Lipinski definition) is 0. The summed E-state index contributed by atoms with van der Waals surface area (Å²) in [4.78, 5) is 11.0. The molecule has 0 heterocycles. The summed E-state index contributed by atoms with van der Waals surface area (Å²) in [6.07, 6.45) is 0.914. The molecule has 0 aliphatic rings. The van der Waals surface area contributed by atoms with Gasteiger partial charge in [-0.3, -0.25) is 4.79 Å². The Morgan fingerprint density at radius 1 is 0.875 bits per heavy atom. The van der Waals surface area contributed by atoms with Crippen LogP contribution in [0, 0.1) is 13.8 Å². The first-order valence-corrected chi connectivity index (χ1v) is 5.35. The summed E-state index contributed by atoms with van der Waals surface area (Å²) in [6, 6.07) is 13.9. The van der Waals surface area contributed by atoms with E-state index in [1.54, 1.807) is 0 Å². The number of aryl methyl sites for hydroxylation is 1. The normalized spacial score (nSPS) is 10.1. The molecule has 0 fully saturated rings. The molecule has 16 heavy (non-hydrogen) atoms. The summed E-state index contributed by atoms with van der Waals surface area (Å²) >= 11 is 0. The van der Waals surface area contributed by atoms with Crippen molar-refractivity contribution in [3.8, 4) is 11.1 Å². The maximum absolute atomic E-state index is 11.0. The number of carbonyl (C=O) groups is 1. The van der Waals surface area contributed by atoms with E-state index in [0.717, 1.165) is 23.0 Å². The molecule has 1 nitrogen and oxygen atoms in total. The highest BCUT2D eigenvalue weighted by molar-refractivity contribution is 5.88. The van der Waals surface area contributed by atoms with Crippen LogP contribution in [0.25, 0.3) is 11.1 Å².